The van der Waals surface area contributed by atoms with Gasteiger partial charge in [0.1, 0.15) is 0 Å². The van der Waals surface area contributed by atoms with E-state index >= 15 is 0 Å². The van der Waals surface area contributed by atoms with Gasteiger partial charge in [-0.2, -0.15) is 0 Å². The zero-order valence-corrected chi connectivity index (χ0v) is 9.81. The van der Waals surface area contributed by atoms with Gasteiger partial charge in [0.05, 0.1) is 5.92 Å². The van der Waals surface area contributed by atoms with Crippen LogP contribution in [0.3, 0.4) is 0 Å². The highest BCUT2D eigenvalue weighted by Crippen LogP contribution is 2.07. The molecule has 0 heterocycles. The van der Waals surface area contributed by atoms with Crippen LogP contribution in [-0.2, 0) is 11.2 Å². The van der Waals surface area contributed by atoms with Gasteiger partial charge in [0.2, 0.25) is 5.91 Å². The van der Waals surface area contributed by atoms with E-state index in [4.69, 9.17) is 5.73 Å². The molecule has 1 amide bonds. The molecule has 1 atom stereocenters. The van der Waals surface area contributed by atoms with Crippen LogP contribution in [0.15, 0.2) is 30.3 Å². The zero-order valence-electron chi connectivity index (χ0n) is 9.81. The third-order valence-corrected chi connectivity index (χ3v) is 2.31. The Balaban J connectivity index is 2.58. The van der Waals surface area contributed by atoms with Crippen LogP contribution in [0.4, 0.5) is 0 Å². The summed E-state index contributed by atoms with van der Waals surface area (Å²) >= 11 is 0. The summed E-state index contributed by atoms with van der Waals surface area (Å²) in [5.74, 6) is -0.207. The number of benzene rings is 1. The first kappa shape index (κ1) is 12.7. The number of hydrogen-bond donors (Lipinski definition) is 2. The summed E-state index contributed by atoms with van der Waals surface area (Å²) < 4.78 is 0. The average Bonchev–Trinajstić information content (AvgIpc) is 2.26. The molecule has 0 bridgehead atoms. The number of nitrogens with one attached hydrogen (secondary N) is 1. The summed E-state index contributed by atoms with van der Waals surface area (Å²) in [5, 5.41) is 1.63. The van der Waals surface area contributed by atoms with E-state index in [9.17, 15) is 4.79 Å². The summed E-state index contributed by atoms with van der Waals surface area (Å²) in [4.78, 5) is 11.8. The van der Waals surface area contributed by atoms with E-state index < -0.39 is 0 Å². The number of nitrogens with zero attached hydrogens (tertiary/aromatic N) is 1. The summed E-state index contributed by atoms with van der Waals surface area (Å²) in [7, 11) is 3.57. The fourth-order valence-corrected chi connectivity index (χ4v) is 1.49. The van der Waals surface area contributed by atoms with Gasteiger partial charge in [0.15, 0.2) is 0 Å². The number of hydrazine groups is 1. The minimum absolute atomic E-state index is 0.0312. The molecule has 88 valence electrons. The lowest BCUT2D eigenvalue weighted by molar-refractivity contribution is -0.128. The SMILES string of the molecule is CN(C)NC(=O)C(CN)Cc1ccccc1. The van der Waals surface area contributed by atoms with E-state index in [1.807, 2.05) is 30.3 Å². The predicted octanol–water partition coefficient (Wildman–Crippen LogP) is 0.397. The molecule has 16 heavy (non-hydrogen) atoms. The van der Waals surface area contributed by atoms with Crippen LogP contribution in [0.2, 0.25) is 0 Å². The minimum Gasteiger partial charge on any atom is -0.330 e. The van der Waals surface area contributed by atoms with Gasteiger partial charge in [0.25, 0.3) is 0 Å². The maximum absolute atomic E-state index is 11.8. The summed E-state index contributed by atoms with van der Waals surface area (Å²) in [6.45, 7) is 0.356. The van der Waals surface area contributed by atoms with Crippen molar-refractivity contribution in [3.8, 4) is 0 Å². The third-order valence-electron chi connectivity index (χ3n) is 2.31. The van der Waals surface area contributed by atoms with Crippen molar-refractivity contribution in [1.82, 2.24) is 10.4 Å². The highest BCUT2D eigenvalue weighted by Gasteiger charge is 2.17. The van der Waals surface area contributed by atoms with Gasteiger partial charge < -0.3 is 5.73 Å². The Morgan fingerprint density at radius 1 is 1.38 bits per heavy atom. The molecule has 0 saturated carbocycles. The minimum atomic E-state index is -0.176. The Morgan fingerprint density at radius 3 is 2.50 bits per heavy atom. The molecule has 4 nitrogen and oxygen atoms in total. The first-order chi connectivity index (χ1) is 7.63. The number of nitrogens with two attached hydrogens (primary N) is 1. The van der Waals surface area contributed by atoms with Gasteiger partial charge in [-0.25, -0.2) is 5.01 Å². The normalized spacial score (nSPS) is 12.5. The first-order valence-electron chi connectivity index (χ1n) is 5.35. The summed E-state index contributed by atoms with van der Waals surface area (Å²) in [5.41, 5.74) is 9.48. The van der Waals surface area contributed by atoms with Crippen molar-refractivity contribution in [2.45, 2.75) is 6.42 Å². The molecule has 3 N–H and O–H groups in total. The second kappa shape index (κ2) is 6.25. The van der Waals surface area contributed by atoms with Gasteiger partial charge in [-0.05, 0) is 12.0 Å². The molecule has 0 spiro atoms. The van der Waals surface area contributed by atoms with Crippen molar-refractivity contribution in [1.29, 1.82) is 0 Å². The number of rotatable bonds is 5. The van der Waals surface area contributed by atoms with E-state index in [1.165, 1.54) is 0 Å². The maximum Gasteiger partial charge on any atom is 0.238 e. The van der Waals surface area contributed by atoms with E-state index in [0.717, 1.165) is 5.56 Å². The fourth-order valence-electron chi connectivity index (χ4n) is 1.49. The van der Waals surface area contributed by atoms with Crippen molar-refractivity contribution in [3.63, 3.8) is 0 Å². The molecule has 0 aromatic heterocycles. The van der Waals surface area contributed by atoms with Crippen molar-refractivity contribution < 1.29 is 4.79 Å². The molecule has 0 aliphatic rings. The highest BCUT2D eigenvalue weighted by atomic mass is 16.2. The number of amides is 1. The summed E-state index contributed by atoms with van der Waals surface area (Å²) in [6, 6.07) is 9.90. The Morgan fingerprint density at radius 2 is 2.00 bits per heavy atom. The van der Waals surface area contributed by atoms with Crippen LogP contribution in [0.5, 0.6) is 0 Å². The summed E-state index contributed by atoms with van der Waals surface area (Å²) in [6.07, 6.45) is 0.678. The smallest absolute Gasteiger partial charge is 0.238 e. The molecule has 0 radical (unpaired) electrons. The lowest BCUT2D eigenvalue weighted by atomic mass is 9.99. The molecular formula is C12H19N3O. The molecule has 0 aliphatic heterocycles. The van der Waals surface area contributed by atoms with Crippen LogP contribution >= 0.6 is 0 Å². The van der Waals surface area contributed by atoms with Gasteiger partial charge in [-0.1, -0.05) is 30.3 Å². The molecule has 1 rings (SSSR count). The van der Waals surface area contributed by atoms with Gasteiger partial charge in [-0.15, -0.1) is 0 Å². The molecule has 1 aromatic rings. The third kappa shape index (κ3) is 4.00. The van der Waals surface area contributed by atoms with Gasteiger partial charge in [0, 0.05) is 20.6 Å². The van der Waals surface area contributed by atoms with Crippen LogP contribution in [0.25, 0.3) is 0 Å². The van der Waals surface area contributed by atoms with E-state index in [-0.39, 0.29) is 11.8 Å². The fraction of sp³-hybridized carbons (Fsp3) is 0.417. The lowest BCUT2D eigenvalue weighted by Crippen LogP contribution is -2.43. The van der Waals surface area contributed by atoms with Crippen molar-refractivity contribution in [3.05, 3.63) is 35.9 Å². The van der Waals surface area contributed by atoms with Crippen molar-refractivity contribution in [2.24, 2.45) is 11.7 Å². The zero-order chi connectivity index (χ0) is 12.0. The van der Waals surface area contributed by atoms with Crippen LogP contribution in [0, 0.1) is 5.92 Å². The van der Waals surface area contributed by atoms with E-state index in [0.29, 0.717) is 13.0 Å². The molecule has 0 fully saturated rings. The molecule has 1 aromatic carbocycles. The molecular weight excluding hydrogens is 202 g/mol. The van der Waals surface area contributed by atoms with Crippen molar-refractivity contribution in [2.75, 3.05) is 20.6 Å². The standard InChI is InChI=1S/C12H19N3O/c1-15(2)14-12(16)11(9-13)8-10-6-4-3-5-7-10/h3-7,11H,8-9,13H2,1-2H3,(H,14,16). The Labute approximate surface area is 96.4 Å². The second-order valence-corrected chi connectivity index (χ2v) is 3.99. The van der Waals surface area contributed by atoms with Crippen LogP contribution < -0.4 is 11.2 Å². The topological polar surface area (TPSA) is 58.4 Å². The monoisotopic (exact) mass is 221 g/mol. The molecule has 0 aliphatic carbocycles. The van der Waals surface area contributed by atoms with Crippen molar-refractivity contribution >= 4 is 5.91 Å². The Hall–Kier alpha value is -1.39. The van der Waals surface area contributed by atoms with Crippen LogP contribution in [0.1, 0.15) is 5.56 Å². The largest absolute Gasteiger partial charge is 0.330 e. The van der Waals surface area contributed by atoms with E-state index in [2.05, 4.69) is 5.43 Å². The highest BCUT2D eigenvalue weighted by molar-refractivity contribution is 5.78. The Kier molecular flexibility index (Phi) is 4.95. The van der Waals surface area contributed by atoms with Crippen LogP contribution in [-0.4, -0.2) is 31.6 Å². The predicted molar refractivity (Wildman–Crippen MR) is 64.5 cm³/mol. The van der Waals surface area contributed by atoms with Gasteiger partial charge in [-0.3, -0.25) is 10.2 Å². The van der Waals surface area contributed by atoms with Gasteiger partial charge >= 0.3 is 0 Å². The first-order valence-corrected chi connectivity index (χ1v) is 5.35. The number of hydrogen-bond acceptors (Lipinski definition) is 3. The second-order valence-electron chi connectivity index (χ2n) is 3.99. The maximum atomic E-state index is 11.8. The lowest BCUT2D eigenvalue weighted by Gasteiger charge is -2.18. The molecule has 4 heteroatoms. The quantitative estimate of drug-likeness (QED) is 0.707. The Bertz CT molecular complexity index is 324. The average molecular weight is 221 g/mol. The number of carbonyl (C=O) groups is 1. The number of carbonyl (C=O) groups excluding carboxylic acids is 1. The molecule has 0 saturated heterocycles. The molecule has 1 unspecified atom stereocenters. The van der Waals surface area contributed by atoms with E-state index in [1.54, 1.807) is 19.1 Å².